The lowest BCUT2D eigenvalue weighted by atomic mass is 9.84. The van der Waals surface area contributed by atoms with Gasteiger partial charge in [-0.2, -0.15) is 0 Å². The lowest BCUT2D eigenvalue weighted by molar-refractivity contribution is 0.0919. The maximum absolute atomic E-state index is 12.7. The Morgan fingerprint density at radius 3 is 2.13 bits per heavy atom. The normalized spacial score (nSPS) is 23.9. The van der Waals surface area contributed by atoms with Crippen LogP contribution in [0.5, 0.6) is 0 Å². The number of likely N-dealkylation sites (tertiary alicyclic amines) is 1. The summed E-state index contributed by atoms with van der Waals surface area (Å²) in [7, 11) is 0. The van der Waals surface area contributed by atoms with E-state index >= 15 is 0 Å². The Hall–Kier alpha value is -1.35. The number of rotatable bonds is 6. The lowest BCUT2D eigenvalue weighted by Gasteiger charge is -2.39. The molecule has 3 nitrogen and oxygen atoms in total. The third-order valence-corrected chi connectivity index (χ3v) is 8.20. The molecule has 166 valence electrons. The van der Waals surface area contributed by atoms with E-state index in [-0.39, 0.29) is 11.9 Å². The molecule has 1 N–H and O–H groups in total. The van der Waals surface area contributed by atoms with Crippen molar-refractivity contribution in [3.8, 4) is 0 Å². The first kappa shape index (κ1) is 21.9. The zero-order chi connectivity index (χ0) is 20.8. The Kier molecular flexibility index (Phi) is 7.87. The minimum Gasteiger partial charge on any atom is -0.349 e. The number of nitrogens with one attached hydrogen (secondary N) is 1. The van der Waals surface area contributed by atoms with Gasteiger partial charge in [0.05, 0.1) is 0 Å². The maximum atomic E-state index is 12.7. The Bertz CT molecular complexity index is 650. The highest BCUT2D eigenvalue weighted by Crippen LogP contribution is 2.29. The van der Waals surface area contributed by atoms with E-state index < -0.39 is 0 Å². The first-order valence-corrected chi connectivity index (χ1v) is 12.8. The molecule has 0 bridgehead atoms. The van der Waals surface area contributed by atoms with Gasteiger partial charge in [-0.25, -0.2) is 0 Å². The Labute approximate surface area is 184 Å². The molecule has 2 aliphatic carbocycles. The number of benzene rings is 1. The van der Waals surface area contributed by atoms with Crippen molar-refractivity contribution in [2.45, 2.75) is 102 Å². The van der Waals surface area contributed by atoms with Gasteiger partial charge in [0.25, 0.3) is 5.91 Å². The molecule has 0 aromatic heterocycles. The summed E-state index contributed by atoms with van der Waals surface area (Å²) in [5.74, 6) is 1.55. The molecule has 1 aromatic carbocycles. The zero-order valence-corrected chi connectivity index (χ0v) is 19.1. The van der Waals surface area contributed by atoms with Crippen molar-refractivity contribution in [1.82, 2.24) is 10.2 Å². The van der Waals surface area contributed by atoms with E-state index in [4.69, 9.17) is 0 Å². The molecule has 1 aromatic rings. The standard InChI is InChI=1S/C27H42N2O/c1-21(24-8-4-2-5-9-24)28-27(30)25-14-12-22(13-15-25)20-23-16-18-29(19-17-23)26-10-6-3-7-11-26/h12-15,21,23-24,26H,2-11,16-20H2,1H3,(H,28,30)/t21-/m0/s1. The topological polar surface area (TPSA) is 32.3 Å². The second-order valence-corrected chi connectivity index (χ2v) is 10.3. The van der Waals surface area contributed by atoms with E-state index in [1.807, 2.05) is 12.1 Å². The number of piperidine rings is 1. The summed E-state index contributed by atoms with van der Waals surface area (Å²) in [5.41, 5.74) is 2.21. The van der Waals surface area contributed by atoms with Gasteiger partial charge >= 0.3 is 0 Å². The van der Waals surface area contributed by atoms with Crippen molar-refractivity contribution in [2.75, 3.05) is 13.1 Å². The molecule has 0 unspecified atom stereocenters. The van der Waals surface area contributed by atoms with E-state index in [9.17, 15) is 4.79 Å². The number of carbonyl (C=O) groups excluding carboxylic acids is 1. The van der Waals surface area contributed by atoms with Crippen LogP contribution in [0.15, 0.2) is 24.3 Å². The summed E-state index contributed by atoms with van der Waals surface area (Å²) in [6, 6.07) is 9.60. The summed E-state index contributed by atoms with van der Waals surface area (Å²) in [6.45, 7) is 4.76. The smallest absolute Gasteiger partial charge is 0.251 e. The molecule has 4 rings (SSSR count). The predicted octanol–water partition coefficient (Wildman–Crippen LogP) is 5.97. The largest absolute Gasteiger partial charge is 0.349 e. The van der Waals surface area contributed by atoms with Crippen LogP contribution in [0.25, 0.3) is 0 Å². The summed E-state index contributed by atoms with van der Waals surface area (Å²) in [5, 5.41) is 3.26. The lowest BCUT2D eigenvalue weighted by Crippen LogP contribution is -2.42. The third kappa shape index (κ3) is 5.87. The Balaban J connectivity index is 1.22. The van der Waals surface area contributed by atoms with E-state index in [0.29, 0.717) is 5.92 Å². The van der Waals surface area contributed by atoms with Crippen molar-refractivity contribution in [3.05, 3.63) is 35.4 Å². The van der Waals surface area contributed by atoms with Crippen LogP contribution in [0.4, 0.5) is 0 Å². The van der Waals surface area contributed by atoms with Crippen molar-refractivity contribution in [3.63, 3.8) is 0 Å². The van der Waals surface area contributed by atoms with Crippen LogP contribution in [0.2, 0.25) is 0 Å². The highest BCUT2D eigenvalue weighted by atomic mass is 16.1. The molecule has 1 aliphatic heterocycles. The van der Waals surface area contributed by atoms with Crippen molar-refractivity contribution < 1.29 is 4.79 Å². The molecule has 3 heteroatoms. The summed E-state index contributed by atoms with van der Waals surface area (Å²) in [6.07, 6.45) is 17.5. The van der Waals surface area contributed by atoms with E-state index in [1.54, 1.807) is 0 Å². The van der Waals surface area contributed by atoms with Crippen LogP contribution in [0.3, 0.4) is 0 Å². The molecule has 3 aliphatic rings. The fourth-order valence-corrected chi connectivity index (χ4v) is 6.14. The van der Waals surface area contributed by atoms with E-state index in [2.05, 4.69) is 29.3 Å². The number of hydrogen-bond donors (Lipinski definition) is 1. The summed E-state index contributed by atoms with van der Waals surface area (Å²) >= 11 is 0. The average molecular weight is 411 g/mol. The van der Waals surface area contributed by atoms with Gasteiger partial charge in [-0.05, 0) is 94.5 Å². The fraction of sp³-hybridized carbons (Fsp3) is 0.741. The van der Waals surface area contributed by atoms with Gasteiger partial charge in [-0.1, -0.05) is 50.7 Å². The molecule has 2 saturated carbocycles. The average Bonchev–Trinajstić information content (AvgIpc) is 2.81. The van der Waals surface area contributed by atoms with Crippen LogP contribution >= 0.6 is 0 Å². The van der Waals surface area contributed by atoms with Gasteiger partial charge in [-0.15, -0.1) is 0 Å². The van der Waals surface area contributed by atoms with Gasteiger partial charge in [0, 0.05) is 17.6 Å². The Morgan fingerprint density at radius 2 is 1.50 bits per heavy atom. The van der Waals surface area contributed by atoms with Crippen molar-refractivity contribution in [1.29, 1.82) is 0 Å². The maximum Gasteiger partial charge on any atom is 0.251 e. The second kappa shape index (κ2) is 10.8. The quantitative estimate of drug-likeness (QED) is 0.626. The zero-order valence-electron chi connectivity index (χ0n) is 19.1. The minimum absolute atomic E-state index is 0.0976. The minimum atomic E-state index is 0.0976. The number of hydrogen-bond acceptors (Lipinski definition) is 2. The molecule has 1 atom stereocenters. The van der Waals surface area contributed by atoms with Gasteiger partial charge in [0.2, 0.25) is 0 Å². The monoisotopic (exact) mass is 410 g/mol. The molecule has 1 heterocycles. The van der Waals surface area contributed by atoms with Crippen LogP contribution in [-0.4, -0.2) is 36.0 Å². The molecular weight excluding hydrogens is 368 g/mol. The van der Waals surface area contributed by atoms with Gasteiger partial charge in [-0.3, -0.25) is 4.79 Å². The van der Waals surface area contributed by atoms with E-state index in [0.717, 1.165) is 17.5 Å². The molecule has 0 spiro atoms. The van der Waals surface area contributed by atoms with Crippen LogP contribution in [0.1, 0.15) is 99.9 Å². The van der Waals surface area contributed by atoms with E-state index in [1.165, 1.54) is 102 Å². The fourth-order valence-electron chi connectivity index (χ4n) is 6.14. The van der Waals surface area contributed by atoms with Gasteiger partial charge < -0.3 is 10.2 Å². The third-order valence-electron chi connectivity index (χ3n) is 8.20. The highest BCUT2D eigenvalue weighted by molar-refractivity contribution is 5.94. The predicted molar refractivity (Wildman–Crippen MR) is 125 cm³/mol. The molecule has 30 heavy (non-hydrogen) atoms. The first-order valence-electron chi connectivity index (χ1n) is 12.8. The van der Waals surface area contributed by atoms with Crippen molar-refractivity contribution >= 4 is 5.91 Å². The number of carbonyl (C=O) groups is 1. The molecule has 0 radical (unpaired) electrons. The SMILES string of the molecule is C[C@H](NC(=O)c1ccc(CC2CCN(C3CCCCC3)CC2)cc1)C1CCCCC1. The highest BCUT2D eigenvalue weighted by Gasteiger charge is 2.26. The van der Waals surface area contributed by atoms with Crippen molar-refractivity contribution in [2.24, 2.45) is 11.8 Å². The van der Waals surface area contributed by atoms with Crippen LogP contribution in [0, 0.1) is 11.8 Å². The Morgan fingerprint density at radius 1 is 0.900 bits per heavy atom. The van der Waals surface area contributed by atoms with Crippen LogP contribution < -0.4 is 5.32 Å². The summed E-state index contributed by atoms with van der Waals surface area (Å²) in [4.78, 5) is 15.4. The van der Waals surface area contributed by atoms with Crippen LogP contribution in [-0.2, 0) is 6.42 Å². The molecule has 1 saturated heterocycles. The number of nitrogens with zero attached hydrogens (tertiary/aromatic N) is 1. The van der Waals surface area contributed by atoms with Gasteiger partial charge in [0.1, 0.15) is 0 Å². The van der Waals surface area contributed by atoms with Gasteiger partial charge in [0.15, 0.2) is 0 Å². The summed E-state index contributed by atoms with van der Waals surface area (Å²) < 4.78 is 0. The molecule has 1 amide bonds. The number of amides is 1. The first-order chi connectivity index (χ1) is 14.7. The second-order valence-electron chi connectivity index (χ2n) is 10.3. The molecular formula is C27H42N2O. The molecule has 3 fully saturated rings.